The van der Waals surface area contributed by atoms with Crippen molar-refractivity contribution >= 4 is 0 Å². The summed E-state index contributed by atoms with van der Waals surface area (Å²) in [6.07, 6.45) is 2.61. The molecule has 1 aromatic heterocycles. The van der Waals surface area contributed by atoms with E-state index in [-0.39, 0.29) is 6.04 Å². The van der Waals surface area contributed by atoms with Crippen molar-refractivity contribution < 1.29 is 4.74 Å². The van der Waals surface area contributed by atoms with Crippen molar-refractivity contribution in [2.75, 3.05) is 0 Å². The van der Waals surface area contributed by atoms with Crippen LogP contribution in [-0.2, 0) is 0 Å². The second-order valence-electron chi connectivity index (χ2n) is 4.80. The molecule has 2 N–H and O–H groups in total. The number of benzene rings is 1. The van der Waals surface area contributed by atoms with E-state index in [2.05, 4.69) is 17.1 Å². The van der Waals surface area contributed by atoms with Gasteiger partial charge in [-0.3, -0.25) is 4.98 Å². The Morgan fingerprint density at radius 2 is 2.00 bits per heavy atom. The zero-order valence-electron chi connectivity index (χ0n) is 11.7. The first kappa shape index (κ1) is 13.6. The molecule has 0 amide bonds. The highest BCUT2D eigenvalue weighted by Crippen LogP contribution is 2.26. The average Bonchev–Trinajstić information content (AvgIpc) is 2.43. The largest absolute Gasteiger partial charge is 0.455 e. The van der Waals surface area contributed by atoms with E-state index < -0.39 is 0 Å². The highest BCUT2D eigenvalue weighted by atomic mass is 16.5. The Balaban J connectivity index is 2.17. The van der Waals surface area contributed by atoms with Crippen LogP contribution in [0.15, 0.2) is 36.5 Å². The fraction of sp³-hybridized carbons (Fsp3) is 0.312. The maximum atomic E-state index is 5.94. The van der Waals surface area contributed by atoms with E-state index in [0.717, 1.165) is 29.2 Å². The van der Waals surface area contributed by atoms with Gasteiger partial charge in [0.05, 0.1) is 11.9 Å². The Labute approximate surface area is 114 Å². The molecule has 1 aromatic carbocycles. The van der Waals surface area contributed by atoms with Gasteiger partial charge in [0.2, 0.25) is 0 Å². The predicted octanol–water partition coefficient (Wildman–Crippen LogP) is 3.90. The third kappa shape index (κ3) is 3.32. The predicted molar refractivity (Wildman–Crippen MR) is 77.4 cm³/mol. The Morgan fingerprint density at radius 3 is 2.63 bits per heavy atom. The van der Waals surface area contributed by atoms with E-state index in [1.165, 1.54) is 5.56 Å². The Morgan fingerprint density at radius 1 is 1.21 bits per heavy atom. The molecular formula is C16H20N2O. The maximum absolute atomic E-state index is 5.94. The van der Waals surface area contributed by atoms with Gasteiger partial charge >= 0.3 is 0 Å². The van der Waals surface area contributed by atoms with Crippen molar-refractivity contribution in [2.45, 2.75) is 33.2 Å². The van der Waals surface area contributed by atoms with Gasteiger partial charge in [-0.15, -0.1) is 0 Å². The van der Waals surface area contributed by atoms with Crippen molar-refractivity contribution in [1.82, 2.24) is 4.98 Å². The van der Waals surface area contributed by atoms with Gasteiger partial charge in [0, 0.05) is 6.04 Å². The number of aryl methyl sites for hydroxylation is 2. The van der Waals surface area contributed by atoms with Crippen LogP contribution in [-0.4, -0.2) is 4.98 Å². The summed E-state index contributed by atoms with van der Waals surface area (Å²) in [4.78, 5) is 4.35. The van der Waals surface area contributed by atoms with Crippen LogP contribution in [0.5, 0.6) is 11.5 Å². The molecule has 19 heavy (non-hydrogen) atoms. The smallest absolute Gasteiger partial charge is 0.145 e. The van der Waals surface area contributed by atoms with Crippen LogP contribution in [0.1, 0.15) is 36.2 Å². The Hall–Kier alpha value is -1.87. The molecule has 0 aliphatic carbocycles. The SMILES string of the molecule is CCC(N)c1ccc(Oc2cc(C)ccc2C)cn1. The number of nitrogens with two attached hydrogens (primary N) is 1. The molecule has 3 heteroatoms. The standard InChI is InChI=1S/C16H20N2O/c1-4-14(17)15-8-7-13(10-18-15)19-16-9-11(2)5-6-12(16)3/h5-10,14H,4,17H2,1-3H3. The lowest BCUT2D eigenvalue weighted by molar-refractivity contribution is 0.475. The summed E-state index contributed by atoms with van der Waals surface area (Å²) in [6.45, 7) is 6.13. The zero-order chi connectivity index (χ0) is 13.8. The third-order valence-corrected chi connectivity index (χ3v) is 3.15. The van der Waals surface area contributed by atoms with Crippen molar-refractivity contribution in [3.63, 3.8) is 0 Å². The molecule has 1 atom stereocenters. The molecule has 0 fully saturated rings. The maximum Gasteiger partial charge on any atom is 0.145 e. The first-order chi connectivity index (χ1) is 9.10. The van der Waals surface area contributed by atoms with Crippen LogP contribution in [0.4, 0.5) is 0 Å². The molecule has 3 nitrogen and oxygen atoms in total. The lowest BCUT2D eigenvalue weighted by Gasteiger charge is -2.11. The van der Waals surface area contributed by atoms with Crippen LogP contribution in [0.2, 0.25) is 0 Å². The normalized spacial score (nSPS) is 12.2. The van der Waals surface area contributed by atoms with Crippen LogP contribution in [0.25, 0.3) is 0 Å². The number of nitrogens with zero attached hydrogens (tertiary/aromatic N) is 1. The zero-order valence-corrected chi connectivity index (χ0v) is 11.7. The lowest BCUT2D eigenvalue weighted by atomic mass is 10.1. The highest BCUT2D eigenvalue weighted by Gasteiger charge is 2.06. The average molecular weight is 256 g/mol. The minimum absolute atomic E-state index is 0.00486. The van der Waals surface area contributed by atoms with E-state index in [9.17, 15) is 0 Å². The van der Waals surface area contributed by atoms with Crippen molar-refractivity contribution in [1.29, 1.82) is 0 Å². The van der Waals surface area contributed by atoms with E-state index in [1.807, 2.05) is 39.0 Å². The van der Waals surface area contributed by atoms with E-state index in [1.54, 1.807) is 6.20 Å². The molecule has 100 valence electrons. The van der Waals surface area contributed by atoms with Gasteiger partial charge in [0.1, 0.15) is 11.5 Å². The molecule has 0 spiro atoms. The molecule has 0 saturated carbocycles. The molecule has 1 unspecified atom stereocenters. The van der Waals surface area contributed by atoms with Gasteiger partial charge in [-0.25, -0.2) is 0 Å². The number of rotatable bonds is 4. The minimum atomic E-state index is -0.00486. The first-order valence-electron chi connectivity index (χ1n) is 6.56. The van der Waals surface area contributed by atoms with E-state index in [4.69, 9.17) is 10.5 Å². The fourth-order valence-electron chi connectivity index (χ4n) is 1.82. The topological polar surface area (TPSA) is 48.1 Å². The van der Waals surface area contributed by atoms with Gasteiger partial charge in [0.15, 0.2) is 0 Å². The van der Waals surface area contributed by atoms with Gasteiger partial charge in [0.25, 0.3) is 0 Å². The van der Waals surface area contributed by atoms with E-state index >= 15 is 0 Å². The van der Waals surface area contributed by atoms with Crippen molar-refractivity contribution in [3.8, 4) is 11.5 Å². The van der Waals surface area contributed by atoms with Crippen LogP contribution in [0, 0.1) is 13.8 Å². The number of ether oxygens (including phenoxy) is 1. The third-order valence-electron chi connectivity index (χ3n) is 3.15. The summed E-state index contributed by atoms with van der Waals surface area (Å²) < 4.78 is 5.86. The Bertz CT molecular complexity index is 549. The van der Waals surface area contributed by atoms with Gasteiger partial charge in [-0.2, -0.15) is 0 Å². The molecule has 0 bridgehead atoms. The molecule has 2 rings (SSSR count). The number of aromatic nitrogens is 1. The summed E-state index contributed by atoms with van der Waals surface area (Å²) in [7, 11) is 0. The van der Waals surface area contributed by atoms with Crippen LogP contribution < -0.4 is 10.5 Å². The molecule has 0 radical (unpaired) electrons. The van der Waals surface area contributed by atoms with E-state index in [0.29, 0.717) is 0 Å². The Kier molecular flexibility index (Phi) is 4.17. The monoisotopic (exact) mass is 256 g/mol. The summed E-state index contributed by atoms with van der Waals surface area (Å²) >= 11 is 0. The summed E-state index contributed by atoms with van der Waals surface area (Å²) in [6, 6.07) is 9.99. The molecular weight excluding hydrogens is 236 g/mol. The summed E-state index contributed by atoms with van der Waals surface area (Å²) in [5.74, 6) is 1.61. The second-order valence-corrected chi connectivity index (χ2v) is 4.80. The quantitative estimate of drug-likeness (QED) is 0.902. The van der Waals surface area contributed by atoms with Crippen LogP contribution in [0.3, 0.4) is 0 Å². The highest BCUT2D eigenvalue weighted by molar-refractivity contribution is 5.39. The second kappa shape index (κ2) is 5.85. The van der Waals surface area contributed by atoms with Gasteiger partial charge in [-0.1, -0.05) is 19.1 Å². The molecule has 2 aromatic rings. The minimum Gasteiger partial charge on any atom is -0.455 e. The number of pyridine rings is 1. The number of hydrogen-bond donors (Lipinski definition) is 1. The molecule has 0 aliphatic rings. The summed E-state index contributed by atoms with van der Waals surface area (Å²) in [5.41, 5.74) is 9.13. The summed E-state index contributed by atoms with van der Waals surface area (Å²) in [5, 5.41) is 0. The molecule has 0 aliphatic heterocycles. The van der Waals surface area contributed by atoms with Crippen LogP contribution >= 0.6 is 0 Å². The fourth-order valence-corrected chi connectivity index (χ4v) is 1.82. The molecule has 1 heterocycles. The lowest BCUT2D eigenvalue weighted by Crippen LogP contribution is -2.10. The molecule has 0 saturated heterocycles. The van der Waals surface area contributed by atoms with Crippen molar-refractivity contribution in [2.24, 2.45) is 5.73 Å². The number of hydrogen-bond acceptors (Lipinski definition) is 3. The first-order valence-corrected chi connectivity index (χ1v) is 6.56. The van der Waals surface area contributed by atoms with Gasteiger partial charge in [-0.05, 0) is 49.6 Å². The van der Waals surface area contributed by atoms with Gasteiger partial charge < -0.3 is 10.5 Å². The van der Waals surface area contributed by atoms with Crippen molar-refractivity contribution in [3.05, 3.63) is 53.3 Å².